The molecule has 1 unspecified atom stereocenters. The van der Waals surface area contributed by atoms with E-state index in [0.717, 1.165) is 0 Å². The van der Waals surface area contributed by atoms with Crippen molar-refractivity contribution in [2.45, 2.75) is 32.1 Å². The number of nitrogens with one attached hydrogen (secondary N) is 2. The van der Waals surface area contributed by atoms with Crippen LogP contribution >= 0.6 is 24.0 Å². The van der Waals surface area contributed by atoms with Gasteiger partial charge in [-0.1, -0.05) is 0 Å². The summed E-state index contributed by atoms with van der Waals surface area (Å²) >= 11 is 0. The first-order chi connectivity index (χ1) is 12.2. The van der Waals surface area contributed by atoms with E-state index in [1.807, 2.05) is 0 Å². The number of ether oxygens (including phenoxy) is 1. The van der Waals surface area contributed by atoms with Crippen LogP contribution in [0.25, 0.3) is 0 Å². The number of nitrogens with zero attached hydrogens (tertiary/aromatic N) is 2. The Morgan fingerprint density at radius 3 is 2.78 bits per heavy atom. The summed E-state index contributed by atoms with van der Waals surface area (Å²) in [5.74, 6) is 0.958. The summed E-state index contributed by atoms with van der Waals surface area (Å²) in [5, 5.41) is 6.13. The zero-order chi connectivity index (χ0) is 19.3. The third kappa shape index (κ3) is 7.20. The van der Waals surface area contributed by atoms with E-state index >= 15 is 0 Å². The van der Waals surface area contributed by atoms with Gasteiger partial charge in [0.05, 0.1) is 20.2 Å². The van der Waals surface area contributed by atoms with Crippen LogP contribution < -0.4 is 10.6 Å². The van der Waals surface area contributed by atoms with Crippen LogP contribution in [0.2, 0.25) is 0 Å². The molecular weight excluding hydrogens is 480 g/mol. The van der Waals surface area contributed by atoms with Crippen LogP contribution in [0.15, 0.2) is 15.5 Å². The number of alkyl halides is 3. The minimum Gasteiger partial charge on any atom is -0.465 e. The minimum absolute atomic E-state index is 0. The maximum atomic E-state index is 12.4. The molecule has 2 heterocycles. The van der Waals surface area contributed by atoms with Gasteiger partial charge in [0.1, 0.15) is 17.1 Å². The predicted octanol–water partition coefficient (Wildman–Crippen LogP) is 2.29. The van der Waals surface area contributed by atoms with Crippen molar-refractivity contribution in [1.82, 2.24) is 15.5 Å². The van der Waals surface area contributed by atoms with Crippen molar-refractivity contribution < 1.29 is 27.1 Å². The Morgan fingerprint density at radius 1 is 1.48 bits per heavy atom. The van der Waals surface area contributed by atoms with E-state index in [1.165, 1.54) is 12.0 Å². The average molecular weight is 504 g/mol. The Bertz CT molecular complexity index is 664. The molecular formula is C16H24F3IN4O3. The number of hydrogen-bond acceptors (Lipinski definition) is 5. The van der Waals surface area contributed by atoms with Gasteiger partial charge in [0, 0.05) is 26.2 Å². The van der Waals surface area contributed by atoms with Crippen molar-refractivity contribution >= 4 is 35.9 Å². The van der Waals surface area contributed by atoms with Crippen molar-refractivity contribution in [2.24, 2.45) is 4.99 Å². The van der Waals surface area contributed by atoms with E-state index < -0.39 is 18.7 Å². The molecule has 0 aliphatic carbocycles. The van der Waals surface area contributed by atoms with E-state index in [-0.39, 0.29) is 36.6 Å². The SMILES string of the molecule is CN=C(NCc1cc(C(=O)OC)c(C)o1)NC1CCN(CC(F)(F)F)C1.I. The number of aryl methyl sites for hydroxylation is 1. The third-order valence-corrected chi connectivity index (χ3v) is 4.04. The zero-order valence-electron chi connectivity index (χ0n) is 15.4. The van der Waals surface area contributed by atoms with E-state index in [0.29, 0.717) is 42.6 Å². The molecule has 0 aromatic carbocycles. The molecule has 2 rings (SSSR count). The molecule has 2 N–H and O–H groups in total. The number of rotatable bonds is 5. The molecule has 1 saturated heterocycles. The van der Waals surface area contributed by atoms with E-state index in [9.17, 15) is 18.0 Å². The number of hydrogen-bond donors (Lipinski definition) is 2. The molecule has 27 heavy (non-hydrogen) atoms. The van der Waals surface area contributed by atoms with Gasteiger partial charge in [-0.3, -0.25) is 9.89 Å². The predicted molar refractivity (Wildman–Crippen MR) is 104 cm³/mol. The Morgan fingerprint density at radius 2 is 2.19 bits per heavy atom. The van der Waals surface area contributed by atoms with Crippen molar-refractivity contribution in [1.29, 1.82) is 0 Å². The molecule has 1 aliphatic rings. The molecule has 1 fully saturated rings. The number of halogens is 4. The van der Waals surface area contributed by atoms with Gasteiger partial charge >= 0.3 is 12.1 Å². The van der Waals surface area contributed by atoms with Gasteiger partial charge < -0.3 is 19.8 Å². The van der Waals surface area contributed by atoms with Gasteiger partial charge in [-0.05, 0) is 19.4 Å². The van der Waals surface area contributed by atoms with Crippen LogP contribution in [0.4, 0.5) is 13.2 Å². The van der Waals surface area contributed by atoms with Crippen LogP contribution in [0, 0.1) is 6.92 Å². The first kappa shape index (κ1) is 23.5. The normalized spacial score (nSPS) is 18.1. The molecule has 0 saturated carbocycles. The number of aliphatic imine (C=N–C) groups is 1. The van der Waals surface area contributed by atoms with Gasteiger partial charge in [0.2, 0.25) is 0 Å². The monoisotopic (exact) mass is 504 g/mol. The van der Waals surface area contributed by atoms with Crippen LogP contribution in [-0.2, 0) is 11.3 Å². The van der Waals surface area contributed by atoms with E-state index in [1.54, 1.807) is 20.0 Å². The summed E-state index contributed by atoms with van der Waals surface area (Å²) in [6.07, 6.45) is -3.59. The molecule has 1 aliphatic heterocycles. The minimum atomic E-state index is -4.19. The lowest BCUT2D eigenvalue weighted by Gasteiger charge is -2.19. The fraction of sp³-hybridized carbons (Fsp3) is 0.625. The highest BCUT2D eigenvalue weighted by molar-refractivity contribution is 14.0. The van der Waals surface area contributed by atoms with Crippen molar-refractivity contribution in [3.8, 4) is 0 Å². The summed E-state index contributed by atoms with van der Waals surface area (Å²) in [5.41, 5.74) is 0.353. The van der Waals surface area contributed by atoms with E-state index in [2.05, 4.69) is 20.4 Å². The summed E-state index contributed by atoms with van der Waals surface area (Å²) < 4.78 is 47.5. The first-order valence-corrected chi connectivity index (χ1v) is 8.15. The Hall–Kier alpha value is -1.50. The van der Waals surface area contributed by atoms with Crippen molar-refractivity contribution in [3.63, 3.8) is 0 Å². The fourth-order valence-corrected chi connectivity index (χ4v) is 2.85. The second kappa shape index (κ2) is 10.2. The summed E-state index contributed by atoms with van der Waals surface area (Å²) in [6, 6.07) is 1.47. The van der Waals surface area contributed by atoms with Crippen LogP contribution in [0.1, 0.15) is 28.3 Å². The van der Waals surface area contributed by atoms with Gasteiger partial charge in [-0.25, -0.2) is 4.79 Å². The number of furan rings is 1. The third-order valence-electron chi connectivity index (χ3n) is 4.04. The lowest BCUT2D eigenvalue weighted by atomic mass is 10.2. The number of esters is 1. The molecule has 11 heteroatoms. The largest absolute Gasteiger partial charge is 0.465 e. The number of methoxy groups -OCH3 is 1. The highest BCUT2D eigenvalue weighted by Gasteiger charge is 2.34. The zero-order valence-corrected chi connectivity index (χ0v) is 17.7. The smallest absolute Gasteiger partial charge is 0.401 e. The standard InChI is InChI=1S/C16H23F3N4O3.HI/c1-10-13(14(24)25-3)6-12(26-10)7-21-15(20-2)22-11-4-5-23(8-11)9-16(17,18)19;/h6,11H,4-5,7-9H2,1-3H3,(H2,20,21,22);1H. The number of carbonyl (C=O) groups excluding carboxylic acids is 1. The molecule has 0 radical (unpaired) electrons. The molecule has 7 nitrogen and oxygen atoms in total. The fourth-order valence-electron chi connectivity index (χ4n) is 2.85. The molecule has 154 valence electrons. The summed E-state index contributed by atoms with van der Waals surface area (Å²) in [4.78, 5) is 17.0. The lowest BCUT2D eigenvalue weighted by molar-refractivity contribution is -0.143. The number of likely N-dealkylation sites (tertiary alicyclic amines) is 1. The first-order valence-electron chi connectivity index (χ1n) is 8.15. The highest BCUT2D eigenvalue weighted by atomic mass is 127. The molecule has 0 spiro atoms. The Labute approximate surface area is 172 Å². The maximum absolute atomic E-state index is 12.4. The summed E-state index contributed by atoms with van der Waals surface area (Å²) in [6.45, 7) is 1.72. The second-order valence-electron chi connectivity index (χ2n) is 6.08. The quantitative estimate of drug-likeness (QED) is 0.278. The number of guanidine groups is 1. The topological polar surface area (TPSA) is 79.1 Å². The average Bonchev–Trinajstić information content (AvgIpc) is 3.15. The van der Waals surface area contributed by atoms with Gasteiger partial charge in [0.25, 0.3) is 0 Å². The summed E-state index contributed by atoms with van der Waals surface area (Å²) in [7, 11) is 2.87. The van der Waals surface area contributed by atoms with Gasteiger partial charge in [-0.2, -0.15) is 13.2 Å². The highest BCUT2D eigenvalue weighted by Crippen LogP contribution is 2.20. The van der Waals surface area contributed by atoms with Crippen LogP contribution in [0.3, 0.4) is 0 Å². The Balaban J connectivity index is 0.00000364. The molecule has 1 aromatic rings. The van der Waals surface area contributed by atoms with Gasteiger partial charge in [-0.15, -0.1) is 24.0 Å². The number of carbonyl (C=O) groups is 1. The van der Waals surface area contributed by atoms with Crippen LogP contribution in [-0.4, -0.2) is 62.8 Å². The van der Waals surface area contributed by atoms with Crippen LogP contribution in [0.5, 0.6) is 0 Å². The van der Waals surface area contributed by atoms with Gasteiger partial charge in [0.15, 0.2) is 5.96 Å². The molecule has 1 atom stereocenters. The molecule has 0 bridgehead atoms. The lowest BCUT2D eigenvalue weighted by Crippen LogP contribution is -2.44. The van der Waals surface area contributed by atoms with E-state index in [4.69, 9.17) is 4.42 Å². The van der Waals surface area contributed by atoms with Crippen molar-refractivity contribution in [2.75, 3.05) is 33.8 Å². The molecule has 1 aromatic heterocycles. The maximum Gasteiger partial charge on any atom is 0.401 e. The Kier molecular flexibility index (Phi) is 8.85. The molecule has 0 amide bonds. The second-order valence-corrected chi connectivity index (χ2v) is 6.08. The van der Waals surface area contributed by atoms with Crippen molar-refractivity contribution in [3.05, 3.63) is 23.2 Å².